The number of rotatable bonds is 2. The van der Waals surface area contributed by atoms with Gasteiger partial charge >= 0.3 is 0 Å². The molecule has 2 N–H and O–H groups in total. The lowest BCUT2D eigenvalue weighted by Gasteiger charge is -2.18. The van der Waals surface area contributed by atoms with Crippen molar-refractivity contribution in [3.05, 3.63) is 22.2 Å². The van der Waals surface area contributed by atoms with Gasteiger partial charge in [0.1, 0.15) is 0 Å². The molecular weight excluding hydrogens is 258 g/mol. The lowest BCUT2D eigenvalue weighted by molar-refractivity contribution is 0.173. The average molecular weight is 272 g/mol. The summed E-state index contributed by atoms with van der Waals surface area (Å²) in [4.78, 5) is 0. The molecule has 0 saturated carbocycles. The van der Waals surface area contributed by atoms with E-state index >= 15 is 0 Å². The predicted molar refractivity (Wildman–Crippen MR) is 62.2 cm³/mol. The zero-order chi connectivity index (χ0) is 11.1. The van der Waals surface area contributed by atoms with Crippen LogP contribution in [-0.4, -0.2) is 12.3 Å². The lowest BCUT2D eigenvalue weighted by Crippen LogP contribution is -2.34. The number of halogens is 1. The lowest BCUT2D eigenvalue weighted by atomic mass is 9.96. The van der Waals surface area contributed by atoms with Crippen LogP contribution in [0.15, 0.2) is 16.6 Å². The zero-order valence-corrected chi connectivity index (χ0v) is 10.4. The van der Waals surface area contributed by atoms with Crippen molar-refractivity contribution < 1.29 is 9.47 Å². The Hall–Kier alpha value is -0.740. The fourth-order valence-corrected chi connectivity index (χ4v) is 2.25. The van der Waals surface area contributed by atoms with E-state index in [1.807, 2.05) is 26.0 Å². The third kappa shape index (κ3) is 2.44. The SMILES string of the molecule is CC(C)(N)Cc1cc(Br)c2c(c1)OCO2. The van der Waals surface area contributed by atoms with Crippen molar-refractivity contribution in [3.63, 3.8) is 0 Å². The van der Waals surface area contributed by atoms with Gasteiger partial charge in [-0.25, -0.2) is 0 Å². The molecule has 15 heavy (non-hydrogen) atoms. The van der Waals surface area contributed by atoms with Crippen LogP contribution < -0.4 is 15.2 Å². The summed E-state index contributed by atoms with van der Waals surface area (Å²) < 4.78 is 11.6. The summed E-state index contributed by atoms with van der Waals surface area (Å²) in [6, 6.07) is 4.02. The molecule has 3 nitrogen and oxygen atoms in total. The van der Waals surface area contributed by atoms with Gasteiger partial charge in [-0.05, 0) is 53.9 Å². The second-order valence-corrected chi connectivity index (χ2v) is 5.33. The fraction of sp³-hybridized carbons (Fsp3) is 0.455. The minimum absolute atomic E-state index is 0.215. The van der Waals surface area contributed by atoms with E-state index < -0.39 is 0 Å². The fourth-order valence-electron chi connectivity index (χ4n) is 1.65. The molecule has 0 atom stereocenters. The molecule has 1 aromatic carbocycles. The Morgan fingerprint density at radius 3 is 2.80 bits per heavy atom. The van der Waals surface area contributed by atoms with Gasteiger partial charge in [0.05, 0.1) is 4.47 Å². The van der Waals surface area contributed by atoms with Crippen molar-refractivity contribution in [2.45, 2.75) is 25.8 Å². The summed E-state index contributed by atoms with van der Waals surface area (Å²) in [5.41, 5.74) is 6.91. The van der Waals surface area contributed by atoms with Gasteiger partial charge in [0.2, 0.25) is 6.79 Å². The maximum Gasteiger partial charge on any atom is 0.231 e. The molecule has 0 saturated heterocycles. The summed E-state index contributed by atoms with van der Waals surface area (Å²) >= 11 is 3.46. The van der Waals surface area contributed by atoms with Crippen molar-refractivity contribution in [1.29, 1.82) is 0 Å². The van der Waals surface area contributed by atoms with Gasteiger partial charge in [0, 0.05) is 5.54 Å². The summed E-state index contributed by atoms with van der Waals surface area (Å²) in [7, 11) is 0. The molecule has 1 aliphatic heterocycles. The standard InChI is InChI=1S/C11H14BrNO2/c1-11(2,13)5-7-3-8(12)10-9(4-7)14-6-15-10/h3-4H,5-6,13H2,1-2H3. The molecule has 0 amide bonds. The molecule has 4 heteroatoms. The number of hydrogen-bond donors (Lipinski definition) is 1. The van der Waals surface area contributed by atoms with Crippen LogP contribution in [0, 0.1) is 0 Å². The van der Waals surface area contributed by atoms with Crippen molar-refractivity contribution in [2.24, 2.45) is 5.73 Å². The Balaban J connectivity index is 2.32. The number of hydrogen-bond acceptors (Lipinski definition) is 3. The monoisotopic (exact) mass is 271 g/mol. The van der Waals surface area contributed by atoms with Gasteiger partial charge in [-0.2, -0.15) is 0 Å². The summed E-state index contributed by atoms with van der Waals surface area (Å²) in [6.07, 6.45) is 0.808. The van der Waals surface area contributed by atoms with E-state index in [1.54, 1.807) is 0 Å². The second kappa shape index (κ2) is 3.68. The Kier molecular flexibility index (Phi) is 2.64. The third-order valence-electron chi connectivity index (χ3n) is 2.15. The van der Waals surface area contributed by atoms with Crippen LogP contribution >= 0.6 is 15.9 Å². The van der Waals surface area contributed by atoms with E-state index in [-0.39, 0.29) is 5.54 Å². The van der Waals surface area contributed by atoms with Crippen molar-refractivity contribution in [2.75, 3.05) is 6.79 Å². The van der Waals surface area contributed by atoms with Gasteiger partial charge < -0.3 is 15.2 Å². The molecule has 1 aliphatic rings. The van der Waals surface area contributed by atoms with Gasteiger partial charge in [0.15, 0.2) is 11.5 Å². The zero-order valence-electron chi connectivity index (χ0n) is 8.84. The molecule has 0 aliphatic carbocycles. The Morgan fingerprint density at radius 2 is 2.13 bits per heavy atom. The number of benzene rings is 1. The number of ether oxygens (including phenoxy) is 2. The first-order chi connectivity index (χ1) is 6.96. The largest absolute Gasteiger partial charge is 0.454 e. The van der Waals surface area contributed by atoms with Crippen LogP contribution in [0.5, 0.6) is 11.5 Å². The smallest absolute Gasteiger partial charge is 0.231 e. The van der Waals surface area contributed by atoms with Crippen molar-refractivity contribution in [3.8, 4) is 11.5 Å². The van der Waals surface area contributed by atoms with Crippen LogP contribution in [0.4, 0.5) is 0 Å². The minimum Gasteiger partial charge on any atom is -0.454 e. The molecule has 0 unspecified atom stereocenters. The quantitative estimate of drug-likeness (QED) is 0.899. The summed E-state index contributed by atoms with van der Waals surface area (Å²) in [5, 5.41) is 0. The normalized spacial score (nSPS) is 14.4. The third-order valence-corrected chi connectivity index (χ3v) is 2.74. The molecule has 0 spiro atoms. The molecule has 2 rings (SSSR count). The van der Waals surface area contributed by atoms with E-state index in [4.69, 9.17) is 15.2 Å². The van der Waals surface area contributed by atoms with E-state index in [9.17, 15) is 0 Å². The molecule has 1 aromatic rings. The molecule has 0 fully saturated rings. The first-order valence-corrected chi connectivity index (χ1v) is 5.62. The van der Waals surface area contributed by atoms with Gasteiger partial charge in [-0.15, -0.1) is 0 Å². The molecule has 1 heterocycles. The molecule has 0 radical (unpaired) electrons. The minimum atomic E-state index is -0.215. The average Bonchev–Trinajstić information content (AvgIpc) is 2.48. The molecule has 82 valence electrons. The predicted octanol–water partition coefficient (Wildman–Crippen LogP) is 2.46. The Bertz CT molecular complexity index is 385. The van der Waals surface area contributed by atoms with Crippen LogP contribution in [0.3, 0.4) is 0 Å². The second-order valence-electron chi connectivity index (χ2n) is 4.48. The molecule has 0 aromatic heterocycles. The van der Waals surface area contributed by atoms with Crippen molar-refractivity contribution in [1.82, 2.24) is 0 Å². The number of nitrogens with two attached hydrogens (primary N) is 1. The van der Waals surface area contributed by atoms with Crippen LogP contribution in [0.1, 0.15) is 19.4 Å². The highest BCUT2D eigenvalue weighted by Gasteiger charge is 2.20. The Morgan fingerprint density at radius 1 is 1.40 bits per heavy atom. The van der Waals surface area contributed by atoms with E-state index in [2.05, 4.69) is 15.9 Å². The highest BCUT2D eigenvalue weighted by molar-refractivity contribution is 9.10. The first kappa shape index (κ1) is 10.8. The summed E-state index contributed by atoms with van der Waals surface area (Å²) in [5.74, 6) is 1.58. The maximum atomic E-state index is 5.98. The van der Waals surface area contributed by atoms with Crippen molar-refractivity contribution >= 4 is 15.9 Å². The highest BCUT2D eigenvalue weighted by atomic mass is 79.9. The van der Waals surface area contributed by atoms with E-state index in [0.717, 1.165) is 28.0 Å². The van der Waals surface area contributed by atoms with E-state index in [0.29, 0.717) is 6.79 Å². The maximum absolute atomic E-state index is 5.98. The topological polar surface area (TPSA) is 44.5 Å². The first-order valence-electron chi connectivity index (χ1n) is 4.83. The van der Waals surface area contributed by atoms with Gasteiger partial charge in [-0.3, -0.25) is 0 Å². The van der Waals surface area contributed by atoms with Crippen LogP contribution in [0.2, 0.25) is 0 Å². The number of fused-ring (bicyclic) bond motifs is 1. The van der Waals surface area contributed by atoms with Gasteiger partial charge in [0.25, 0.3) is 0 Å². The molecular formula is C11H14BrNO2. The van der Waals surface area contributed by atoms with Gasteiger partial charge in [-0.1, -0.05) is 0 Å². The van der Waals surface area contributed by atoms with Crippen LogP contribution in [0.25, 0.3) is 0 Å². The van der Waals surface area contributed by atoms with E-state index in [1.165, 1.54) is 0 Å². The highest BCUT2D eigenvalue weighted by Crippen LogP contribution is 2.40. The molecule has 0 bridgehead atoms. The Labute approximate surface area is 97.7 Å². The van der Waals surface area contributed by atoms with Crippen LogP contribution in [-0.2, 0) is 6.42 Å². The summed E-state index contributed by atoms with van der Waals surface area (Å²) in [6.45, 7) is 4.31.